The smallest absolute Gasteiger partial charge is 0.320 e. The van der Waals surface area contributed by atoms with E-state index in [1.165, 1.54) is 18.2 Å². The van der Waals surface area contributed by atoms with Gasteiger partial charge in [-0.05, 0) is 56.4 Å². The Balaban J connectivity index is 2.27. The van der Waals surface area contributed by atoms with Crippen molar-refractivity contribution in [3.05, 3.63) is 69.2 Å². The van der Waals surface area contributed by atoms with Gasteiger partial charge in [-0.3, -0.25) is 9.69 Å². The number of hydrogen-bond acceptors (Lipinski definition) is 4. The molecule has 194 valence electrons. The molecule has 0 aliphatic carbocycles. The summed E-state index contributed by atoms with van der Waals surface area (Å²) in [7, 11) is 0. The van der Waals surface area contributed by atoms with Crippen LogP contribution >= 0.6 is 23.2 Å². The molecule has 8 heteroatoms. The summed E-state index contributed by atoms with van der Waals surface area (Å²) < 4.78 is 36.5. The molecule has 0 bridgehead atoms. The lowest BCUT2D eigenvalue weighted by Gasteiger charge is -2.39. The van der Waals surface area contributed by atoms with E-state index in [1.54, 1.807) is 32.9 Å². The number of rotatable bonds is 5. The highest BCUT2D eigenvalue weighted by Crippen LogP contribution is 2.53. The van der Waals surface area contributed by atoms with Crippen LogP contribution in [0.5, 0.6) is 0 Å². The zero-order valence-corrected chi connectivity index (χ0v) is 23.0. The third-order valence-corrected chi connectivity index (χ3v) is 6.94. The lowest BCUT2D eigenvalue weighted by molar-refractivity contribution is -0.156. The highest BCUT2D eigenvalue weighted by molar-refractivity contribution is 6.31. The number of nitrogens with zero attached hydrogens (tertiary/aromatic N) is 2. The van der Waals surface area contributed by atoms with Crippen molar-refractivity contribution in [2.45, 2.75) is 70.9 Å². The Morgan fingerprint density at radius 3 is 2.39 bits per heavy atom. The van der Waals surface area contributed by atoms with Gasteiger partial charge in [0.1, 0.15) is 22.7 Å². The highest BCUT2D eigenvalue weighted by atomic mass is 35.5. The van der Waals surface area contributed by atoms with Gasteiger partial charge in [0.25, 0.3) is 0 Å². The number of benzene rings is 2. The SMILES string of the molecule is CC(C)(C)C[C@@H]1N(CC(=O)OC(C)(C)C)C[C@H](c2cccc(Cl)c2F)[C@@]1(C#N)c1ccc(Cl)cc1F. The van der Waals surface area contributed by atoms with E-state index >= 15 is 8.78 Å². The number of nitriles is 1. The van der Waals surface area contributed by atoms with Gasteiger partial charge in [-0.2, -0.15) is 5.26 Å². The van der Waals surface area contributed by atoms with Crippen LogP contribution in [0.15, 0.2) is 36.4 Å². The molecule has 1 aliphatic heterocycles. The molecule has 3 rings (SSSR count). The van der Waals surface area contributed by atoms with Gasteiger partial charge in [0.15, 0.2) is 0 Å². The monoisotopic (exact) mass is 536 g/mol. The first-order chi connectivity index (χ1) is 16.6. The maximum absolute atomic E-state index is 15.6. The number of esters is 1. The fraction of sp³-hybridized carbons (Fsp3) is 0.500. The minimum absolute atomic E-state index is 0.0890. The Hall–Kier alpha value is -2.20. The van der Waals surface area contributed by atoms with E-state index in [0.29, 0.717) is 6.42 Å². The molecule has 0 aromatic heterocycles. The second-order valence-corrected chi connectivity index (χ2v) is 12.4. The van der Waals surface area contributed by atoms with Crippen molar-refractivity contribution in [2.75, 3.05) is 13.1 Å². The van der Waals surface area contributed by atoms with Crippen LogP contribution in [0.1, 0.15) is 65.0 Å². The average molecular weight is 537 g/mol. The van der Waals surface area contributed by atoms with Crippen molar-refractivity contribution in [1.82, 2.24) is 4.90 Å². The zero-order valence-electron chi connectivity index (χ0n) is 21.5. The lowest BCUT2D eigenvalue weighted by Crippen LogP contribution is -2.48. The van der Waals surface area contributed by atoms with Crippen LogP contribution in [0.3, 0.4) is 0 Å². The van der Waals surface area contributed by atoms with Crippen LogP contribution in [0.2, 0.25) is 10.0 Å². The number of carbonyl (C=O) groups is 1. The predicted molar refractivity (Wildman–Crippen MR) is 138 cm³/mol. The summed E-state index contributed by atoms with van der Waals surface area (Å²) in [5.74, 6) is -2.61. The summed E-state index contributed by atoms with van der Waals surface area (Å²) in [5.41, 5.74) is -2.23. The molecule has 2 aromatic carbocycles. The first-order valence-electron chi connectivity index (χ1n) is 11.9. The van der Waals surface area contributed by atoms with E-state index in [0.717, 1.165) is 6.07 Å². The molecule has 0 saturated carbocycles. The summed E-state index contributed by atoms with van der Waals surface area (Å²) in [6, 6.07) is 10.5. The number of ether oxygens (including phenoxy) is 1. The first-order valence-corrected chi connectivity index (χ1v) is 12.6. The zero-order chi connectivity index (χ0) is 27.1. The number of hydrogen-bond donors (Lipinski definition) is 0. The molecule has 3 atom stereocenters. The average Bonchev–Trinajstić information content (AvgIpc) is 3.00. The van der Waals surface area contributed by atoms with Crippen LogP contribution in [0.25, 0.3) is 0 Å². The highest BCUT2D eigenvalue weighted by Gasteiger charge is 2.59. The van der Waals surface area contributed by atoms with E-state index in [2.05, 4.69) is 6.07 Å². The first kappa shape index (κ1) is 28.4. The van der Waals surface area contributed by atoms with Gasteiger partial charge in [0.05, 0.1) is 17.6 Å². The maximum atomic E-state index is 15.6. The second-order valence-electron chi connectivity index (χ2n) is 11.6. The van der Waals surface area contributed by atoms with Gasteiger partial charge in [0, 0.05) is 29.1 Å². The third kappa shape index (κ3) is 5.85. The minimum atomic E-state index is -1.53. The minimum Gasteiger partial charge on any atom is -0.459 e. The number of carbonyl (C=O) groups excluding carboxylic acids is 1. The molecule has 0 spiro atoms. The van der Waals surface area contributed by atoms with Crippen molar-refractivity contribution < 1.29 is 18.3 Å². The summed E-state index contributed by atoms with van der Waals surface area (Å²) in [6.07, 6.45) is 0.435. The Morgan fingerprint density at radius 1 is 1.17 bits per heavy atom. The van der Waals surface area contributed by atoms with Gasteiger partial charge < -0.3 is 4.74 Å². The summed E-state index contributed by atoms with van der Waals surface area (Å²) in [4.78, 5) is 14.7. The van der Waals surface area contributed by atoms with Crippen molar-refractivity contribution in [3.8, 4) is 6.07 Å². The molecular weight excluding hydrogens is 505 g/mol. The molecule has 0 N–H and O–H groups in total. The largest absolute Gasteiger partial charge is 0.459 e. The normalized spacial score (nSPS) is 22.9. The Labute approximate surface area is 222 Å². The standard InChI is InChI=1S/C28H32Cl2F2N2O2/c1-26(2,3)13-23-28(16-33,19-11-10-17(29)12-22(19)31)20(18-8-7-9-21(30)25(18)32)14-34(23)15-24(35)36-27(4,5)6/h7-12,20,23H,13-15H2,1-6H3/t20-,23+,28-/m1/s1. The van der Waals surface area contributed by atoms with Crippen LogP contribution in [-0.4, -0.2) is 35.6 Å². The van der Waals surface area contributed by atoms with Crippen LogP contribution in [-0.2, 0) is 14.9 Å². The van der Waals surface area contributed by atoms with Crippen molar-refractivity contribution in [3.63, 3.8) is 0 Å². The molecule has 1 fully saturated rings. The maximum Gasteiger partial charge on any atom is 0.320 e. The number of likely N-dealkylation sites (tertiary alicyclic amines) is 1. The summed E-state index contributed by atoms with van der Waals surface area (Å²) >= 11 is 12.2. The fourth-order valence-electron chi connectivity index (χ4n) is 5.15. The molecule has 1 aliphatic rings. The van der Waals surface area contributed by atoms with Crippen LogP contribution < -0.4 is 0 Å². The molecule has 36 heavy (non-hydrogen) atoms. The van der Waals surface area contributed by atoms with Gasteiger partial charge in [0.2, 0.25) is 0 Å². The fourth-order valence-corrected chi connectivity index (χ4v) is 5.49. The second kappa shape index (κ2) is 10.3. The van der Waals surface area contributed by atoms with E-state index in [1.807, 2.05) is 25.7 Å². The van der Waals surface area contributed by atoms with Crippen molar-refractivity contribution >= 4 is 29.2 Å². The van der Waals surface area contributed by atoms with Crippen LogP contribution in [0.4, 0.5) is 8.78 Å². The topological polar surface area (TPSA) is 53.3 Å². The Kier molecular flexibility index (Phi) is 8.10. The quantitative estimate of drug-likeness (QED) is 0.376. The van der Waals surface area contributed by atoms with Crippen LogP contribution in [0, 0.1) is 28.4 Å². The van der Waals surface area contributed by atoms with Gasteiger partial charge >= 0.3 is 5.97 Å². The Morgan fingerprint density at radius 2 is 1.83 bits per heavy atom. The third-order valence-electron chi connectivity index (χ3n) is 6.41. The molecule has 0 unspecified atom stereocenters. The molecule has 2 aromatic rings. The van der Waals surface area contributed by atoms with Gasteiger partial charge in [-0.1, -0.05) is 62.2 Å². The van der Waals surface area contributed by atoms with E-state index in [4.69, 9.17) is 27.9 Å². The molecule has 0 amide bonds. The van der Waals surface area contributed by atoms with E-state index in [9.17, 15) is 10.1 Å². The van der Waals surface area contributed by atoms with E-state index in [-0.39, 0.29) is 39.7 Å². The molecular formula is C28H32Cl2F2N2O2. The van der Waals surface area contributed by atoms with Crippen molar-refractivity contribution in [1.29, 1.82) is 5.26 Å². The predicted octanol–water partition coefficient (Wildman–Crippen LogP) is 7.28. The molecule has 1 saturated heterocycles. The lowest BCUT2D eigenvalue weighted by atomic mass is 9.64. The van der Waals surface area contributed by atoms with E-state index < -0.39 is 40.6 Å². The van der Waals surface area contributed by atoms with Gasteiger partial charge in [-0.25, -0.2) is 8.78 Å². The van der Waals surface area contributed by atoms with Crippen molar-refractivity contribution in [2.24, 2.45) is 5.41 Å². The molecule has 1 heterocycles. The summed E-state index contributed by atoms with van der Waals surface area (Å²) in [6.45, 7) is 11.3. The molecule has 0 radical (unpaired) electrons. The number of halogens is 4. The van der Waals surface area contributed by atoms with Gasteiger partial charge in [-0.15, -0.1) is 0 Å². The Bertz CT molecular complexity index is 1180. The molecule has 4 nitrogen and oxygen atoms in total. The summed E-state index contributed by atoms with van der Waals surface area (Å²) in [5, 5.41) is 10.9.